The Labute approximate surface area is 213 Å². The number of piperidine rings is 1. The Balaban J connectivity index is 1.11. The molecule has 2 aromatic rings. The van der Waals surface area contributed by atoms with Crippen LogP contribution >= 0.6 is 11.6 Å². The Hall–Kier alpha value is -2.37. The molecule has 2 unspecified atom stereocenters. The maximum Gasteiger partial charge on any atom is 0.228 e. The minimum absolute atomic E-state index is 0.0101. The summed E-state index contributed by atoms with van der Waals surface area (Å²) in [5.74, 6) is 0.736. The van der Waals surface area contributed by atoms with Crippen molar-refractivity contribution in [2.75, 3.05) is 18.4 Å². The molecule has 2 aliphatic carbocycles. The first-order chi connectivity index (χ1) is 17.1. The quantitative estimate of drug-likeness (QED) is 0.516. The van der Waals surface area contributed by atoms with E-state index in [-0.39, 0.29) is 23.7 Å². The smallest absolute Gasteiger partial charge is 0.228 e. The molecule has 2 N–H and O–H groups in total. The molecule has 186 valence electrons. The number of rotatable bonds is 7. The van der Waals surface area contributed by atoms with Gasteiger partial charge in [0.25, 0.3) is 0 Å². The molecule has 2 saturated carbocycles. The monoisotopic (exact) mass is 493 g/mol. The highest BCUT2D eigenvalue weighted by molar-refractivity contribution is 6.33. The number of halogens is 1. The van der Waals surface area contributed by atoms with Gasteiger partial charge in [-0.1, -0.05) is 67.3 Å². The van der Waals surface area contributed by atoms with Crippen LogP contribution in [0.3, 0.4) is 0 Å². The molecule has 5 rings (SSSR count). The number of carbonyl (C=O) groups is 2. The summed E-state index contributed by atoms with van der Waals surface area (Å²) in [6.07, 6.45) is 8.73. The fourth-order valence-corrected chi connectivity index (χ4v) is 5.89. The number of likely N-dealkylation sites (tertiary alicyclic amines) is 1. The third kappa shape index (κ3) is 6.25. The van der Waals surface area contributed by atoms with Gasteiger partial charge in [-0.15, -0.1) is 0 Å². The number of nitrogens with one attached hydrogen (secondary N) is 2. The molecule has 6 heteroatoms. The average Bonchev–Trinajstić information content (AvgIpc) is 3.69. The topological polar surface area (TPSA) is 61.4 Å². The van der Waals surface area contributed by atoms with Crippen molar-refractivity contribution in [2.45, 2.75) is 69.9 Å². The minimum atomic E-state index is 0.0101. The maximum absolute atomic E-state index is 12.8. The first-order valence-electron chi connectivity index (χ1n) is 13.2. The maximum atomic E-state index is 12.8. The highest BCUT2D eigenvalue weighted by atomic mass is 35.5. The largest absolute Gasteiger partial charge is 0.353 e. The zero-order valence-electron chi connectivity index (χ0n) is 20.3. The van der Waals surface area contributed by atoms with E-state index in [1.165, 1.54) is 24.8 Å². The Kier molecular flexibility index (Phi) is 7.74. The number of hydrogen-bond acceptors (Lipinski definition) is 3. The van der Waals surface area contributed by atoms with Crippen LogP contribution in [0.25, 0.3) is 0 Å². The molecule has 0 spiro atoms. The van der Waals surface area contributed by atoms with E-state index < -0.39 is 0 Å². The molecule has 5 nitrogen and oxygen atoms in total. The molecule has 2 amide bonds. The molecule has 2 atom stereocenters. The molecule has 3 aliphatic rings. The van der Waals surface area contributed by atoms with Crippen molar-refractivity contribution in [3.63, 3.8) is 0 Å². The van der Waals surface area contributed by atoms with Crippen LogP contribution in [0.15, 0.2) is 48.5 Å². The minimum Gasteiger partial charge on any atom is -0.353 e. The van der Waals surface area contributed by atoms with Crippen molar-refractivity contribution in [2.24, 2.45) is 11.8 Å². The Morgan fingerprint density at radius 2 is 1.66 bits per heavy atom. The standard InChI is InChI=1S/C29H36ClN3O2/c30-26-12-11-20(17-27(26)32-29(35)25-18-24(25)21-7-3-1-4-8-21)19-33-15-13-22(14-16-33)28(34)31-23-9-5-2-6-10-23/h1,3-4,7-8,11-12,17,22-25H,2,5-6,9-10,13-16,18-19H2,(H,31,34)(H,32,35). The van der Waals surface area contributed by atoms with Crippen LogP contribution in [-0.2, 0) is 16.1 Å². The first-order valence-corrected chi connectivity index (χ1v) is 13.6. The summed E-state index contributed by atoms with van der Waals surface area (Å²) in [6.45, 7) is 2.62. The zero-order chi connectivity index (χ0) is 24.2. The van der Waals surface area contributed by atoms with Crippen LogP contribution in [0, 0.1) is 11.8 Å². The van der Waals surface area contributed by atoms with Gasteiger partial charge in [0.2, 0.25) is 11.8 Å². The molecular formula is C29H36ClN3O2. The predicted octanol–water partition coefficient (Wildman–Crippen LogP) is 5.74. The number of amides is 2. The number of hydrogen-bond donors (Lipinski definition) is 2. The van der Waals surface area contributed by atoms with Gasteiger partial charge < -0.3 is 10.6 Å². The average molecular weight is 494 g/mol. The van der Waals surface area contributed by atoms with E-state index >= 15 is 0 Å². The van der Waals surface area contributed by atoms with Gasteiger partial charge in [0.15, 0.2) is 0 Å². The van der Waals surface area contributed by atoms with E-state index in [9.17, 15) is 9.59 Å². The molecule has 1 aliphatic heterocycles. The van der Waals surface area contributed by atoms with Gasteiger partial charge in [-0.25, -0.2) is 0 Å². The zero-order valence-corrected chi connectivity index (χ0v) is 21.1. The lowest BCUT2D eigenvalue weighted by Gasteiger charge is -2.32. The van der Waals surface area contributed by atoms with E-state index in [0.29, 0.717) is 22.7 Å². The number of anilines is 1. The molecule has 35 heavy (non-hydrogen) atoms. The van der Waals surface area contributed by atoms with E-state index in [1.54, 1.807) is 0 Å². The highest BCUT2D eigenvalue weighted by Crippen LogP contribution is 2.48. The highest BCUT2D eigenvalue weighted by Gasteiger charge is 2.44. The number of carbonyl (C=O) groups excluding carboxylic acids is 2. The molecule has 1 saturated heterocycles. The summed E-state index contributed by atoms with van der Waals surface area (Å²) >= 11 is 6.42. The first kappa shape index (κ1) is 24.3. The van der Waals surface area contributed by atoms with Crippen LogP contribution < -0.4 is 10.6 Å². The summed E-state index contributed by atoms with van der Waals surface area (Å²) in [5, 5.41) is 6.93. The van der Waals surface area contributed by atoms with E-state index in [2.05, 4.69) is 27.7 Å². The summed E-state index contributed by atoms with van der Waals surface area (Å²) in [5.41, 5.74) is 3.04. The fourth-order valence-electron chi connectivity index (χ4n) is 5.72. The van der Waals surface area contributed by atoms with Crippen LogP contribution in [0.1, 0.15) is 68.4 Å². The lowest BCUT2D eigenvalue weighted by molar-refractivity contribution is -0.127. The van der Waals surface area contributed by atoms with E-state index in [4.69, 9.17) is 11.6 Å². The summed E-state index contributed by atoms with van der Waals surface area (Å²) in [4.78, 5) is 27.9. The van der Waals surface area contributed by atoms with Gasteiger partial charge in [0.1, 0.15) is 0 Å². The fraction of sp³-hybridized carbons (Fsp3) is 0.517. The van der Waals surface area contributed by atoms with Crippen molar-refractivity contribution in [3.8, 4) is 0 Å². The molecule has 0 aromatic heterocycles. The van der Waals surface area contributed by atoms with Crippen LogP contribution in [-0.4, -0.2) is 35.8 Å². The van der Waals surface area contributed by atoms with Gasteiger partial charge in [-0.05, 0) is 74.4 Å². The molecule has 0 bridgehead atoms. The summed E-state index contributed by atoms with van der Waals surface area (Å²) in [7, 11) is 0. The van der Waals surface area contributed by atoms with E-state index in [1.807, 2.05) is 36.4 Å². The summed E-state index contributed by atoms with van der Waals surface area (Å²) < 4.78 is 0. The van der Waals surface area contributed by atoms with Crippen LogP contribution in [0.4, 0.5) is 5.69 Å². The molecule has 1 heterocycles. The van der Waals surface area contributed by atoms with Crippen LogP contribution in [0.2, 0.25) is 5.02 Å². The second-order valence-electron chi connectivity index (χ2n) is 10.6. The normalized spacial score (nSPS) is 23.6. The molecule has 0 radical (unpaired) electrons. The van der Waals surface area contributed by atoms with Crippen molar-refractivity contribution in [1.29, 1.82) is 0 Å². The second kappa shape index (κ2) is 11.1. The van der Waals surface area contributed by atoms with Gasteiger partial charge in [0.05, 0.1) is 10.7 Å². The third-order valence-electron chi connectivity index (χ3n) is 7.96. The SMILES string of the molecule is O=C(NC1CCCCC1)C1CCN(Cc2ccc(Cl)c(NC(=O)C3CC3c3ccccc3)c2)CC1. The number of nitrogens with zero attached hydrogens (tertiary/aromatic N) is 1. The van der Waals surface area contributed by atoms with Crippen molar-refractivity contribution < 1.29 is 9.59 Å². The second-order valence-corrected chi connectivity index (χ2v) is 11.0. The molecular weight excluding hydrogens is 458 g/mol. The lowest BCUT2D eigenvalue weighted by atomic mass is 9.92. The van der Waals surface area contributed by atoms with Crippen molar-refractivity contribution in [3.05, 3.63) is 64.7 Å². The van der Waals surface area contributed by atoms with Gasteiger partial charge in [-0.2, -0.15) is 0 Å². The Bertz CT molecular complexity index is 1030. The van der Waals surface area contributed by atoms with Gasteiger partial charge >= 0.3 is 0 Å². The molecule has 3 fully saturated rings. The van der Waals surface area contributed by atoms with Crippen molar-refractivity contribution in [1.82, 2.24) is 10.2 Å². The van der Waals surface area contributed by atoms with Gasteiger partial charge in [-0.3, -0.25) is 14.5 Å². The van der Waals surface area contributed by atoms with Crippen LogP contribution in [0.5, 0.6) is 0 Å². The van der Waals surface area contributed by atoms with Gasteiger partial charge in [0, 0.05) is 24.4 Å². The summed E-state index contributed by atoms with van der Waals surface area (Å²) in [6, 6.07) is 16.5. The third-order valence-corrected chi connectivity index (χ3v) is 8.29. The number of benzene rings is 2. The Morgan fingerprint density at radius 1 is 0.914 bits per heavy atom. The van der Waals surface area contributed by atoms with Crippen molar-refractivity contribution >= 4 is 29.1 Å². The lowest BCUT2D eigenvalue weighted by Crippen LogP contribution is -2.44. The van der Waals surface area contributed by atoms with E-state index in [0.717, 1.165) is 57.3 Å². The Morgan fingerprint density at radius 3 is 2.40 bits per heavy atom. The molecule has 2 aromatic carbocycles. The predicted molar refractivity (Wildman–Crippen MR) is 140 cm³/mol.